The standard InChI is InChI=1S/C18H16Cl2N4O/c1-12(15-6-7-16(19)17(20)8-15)23-18(25)14-4-2-13(3-5-14)9-24-11-21-10-22-24/h2-8,10-12H,9H2,1H3,(H,23,25). The van der Waals surface area contributed by atoms with Gasteiger partial charge in [0.15, 0.2) is 0 Å². The number of rotatable bonds is 5. The molecule has 0 aliphatic carbocycles. The van der Waals surface area contributed by atoms with Gasteiger partial charge in [-0.25, -0.2) is 9.67 Å². The van der Waals surface area contributed by atoms with E-state index in [2.05, 4.69) is 15.4 Å². The molecule has 128 valence electrons. The zero-order valence-corrected chi connectivity index (χ0v) is 15.0. The second-order valence-corrected chi connectivity index (χ2v) is 6.47. The number of nitrogens with one attached hydrogen (secondary N) is 1. The van der Waals surface area contributed by atoms with E-state index in [0.29, 0.717) is 22.2 Å². The molecular formula is C18H16Cl2N4O. The van der Waals surface area contributed by atoms with Gasteiger partial charge >= 0.3 is 0 Å². The Kier molecular flexibility index (Phi) is 5.36. The van der Waals surface area contributed by atoms with Crippen molar-refractivity contribution in [3.63, 3.8) is 0 Å². The molecule has 0 saturated carbocycles. The SMILES string of the molecule is CC(NC(=O)c1ccc(Cn2cncn2)cc1)c1ccc(Cl)c(Cl)c1. The zero-order valence-electron chi connectivity index (χ0n) is 13.5. The number of hydrogen-bond donors (Lipinski definition) is 1. The van der Waals surface area contributed by atoms with E-state index >= 15 is 0 Å². The molecule has 1 aromatic heterocycles. The van der Waals surface area contributed by atoms with E-state index < -0.39 is 0 Å². The summed E-state index contributed by atoms with van der Waals surface area (Å²) in [7, 11) is 0. The number of hydrogen-bond acceptors (Lipinski definition) is 3. The van der Waals surface area contributed by atoms with Gasteiger partial charge in [0.2, 0.25) is 0 Å². The normalized spacial score (nSPS) is 12.0. The van der Waals surface area contributed by atoms with Crippen molar-refractivity contribution in [3.05, 3.63) is 81.9 Å². The van der Waals surface area contributed by atoms with Gasteiger partial charge in [-0.2, -0.15) is 5.10 Å². The quantitative estimate of drug-likeness (QED) is 0.730. The van der Waals surface area contributed by atoms with E-state index in [1.54, 1.807) is 35.3 Å². The van der Waals surface area contributed by atoms with Crippen molar-refractivity contribution in [2.24, 2.45) is 0 Å². The fourth-order valence-corrected chi connectivity index (χ4v) is 2.71. The van der Waals surface area contributed by atoms with Crippen LogP contribution in [-0.4, -0.2) is 20.7 Å². The van der Waals surface area contributed by atoms with Gasteiger partial charge in [0, 0.05) is 5.56 Å². The molecule has 3 rings (SSSR count). The van der Waals surface area contributed by atoms with Crippen molar-refractivity contribution in [1.82, 2.24) is 20.1 Å². The fraction of sp³-hybridized carbons (Fsp3) is 0.167. The third-order valence-electron chi connectivity index (χ3n) is 3.82. The van der Waals surface area contributed by atoms with Gasteiger partial charge in [0.25, 0.3) is 5.91 Å². The molecule has 0 bridgehead atoms. The van der Waals surface area contributed by atoms with Crippen molar-refractivity contribution in [1.29, 1.82) is 0 Å². The van der Waals surface area contributed by atoms with Crippen molar-refractivity contribution in [2.45, 2.75) is 19.5 Å². The maximum atomic E-state index is 12.4. The molecule has 1 atom stereocenters. The molecule has 0 saturated heterocycles. The zero-order chi connectivity index (χ0) is 17.8. The highest BCUT2D eigenvalue weighted by Gasteiger charge is 2.12. The van der Waals surface area contributed by atoms with Crippen molar-refractivity contribution >= 4 is 29.1 Å². The van der Waals surface area contributed by atoms with Crippen LogP contribution in [0.15, 0.2) is 55.1 Å². The lowest BCUT2D eigenvalue weighted by Gasteiger charge is -2.15. The Morgan fingerprint density at radius 2 is 1.92 bits per heavy atom. The molecule has 1 unspecified atom stereocenters. The molecule has 1 heterocycles. The Labute approximate surface area is 155 Å². The van der Waals surface area contributed by atoms with Crippen LogP contribution in [0.4, 0.5) is 0 Å². The highest BCUT2D eigenvalue weighted by Crippen LogP contribution is 2.25. The molecule has 5 nitrogen and oxygen atoms in total. The monoisotopic (exact) mass is 374 g/mol. The number of amides is 1. The van der Waals surface area contributed by atoms with E-state index in [-0.39, 0.29) is 11.9 Å². The number of benzene rings is 2. The molecule has 0 aliphatic heterocycles. The van der Waals surface area contributed by atoms with E-state index in [9.17, 15) is 4.79 Å². The average molecular weight is 375 g/mol. The Morgan fingerprint density at radius 3 is 2.56 bits per heavy atom. The summed E-state index contributed by atoms with van der Waals surface area (Å²) in [4.78, 5) is 16.3. The summed E-state index contributed by atoms with van der Waals surface area (Å²) in [6, 6.07) is 12.5. The third kappa shape index (κ3) is 4.38. The average Bonchev–Trinajstić information content (AvgIpc) is 3.11. The molecule has 0 spiro atoms. The van der Waals surface area contributed by atoms with Crippen LogP contribution in [-0.2, 0) is 6.54 Å². The minimum Gasteiger partial charge on any atom is -0.346 e. The number of aromatic nitrogens is 3. The smallest absolute Gasteiger partial charge is 0.251 e. The van der Waals surface area contributed by atoms with E-state index in [0.717, 1.165) is 11.1 Å². The van der Waals surface area contributed by atoms with Crippen molar-refractivity contribution in [2.75, 3.05) is 0 Å². The summed E-state index contributed by atoms with van der Waals surface area (Å²) in [5.74, 6) is -0.147. The summed E-state index contributed by atoms with van der Waals surface area (Å²) >= 11 is 12.0. The Hall–Kier alpha value is -2.37. The lowest BCUT2D eigenvalue weighted by Crippen LogP contribution is -2.26. The van der Waals surface area contributed by atoms with Crippen LogP contribution in [0.5, 0.6) is 0 Å². The minimum absolute atomic E-state index is 0.147. The number of nitrogens with zero attached hydrogens (tertiary/aromatic N) is 3. The lowest BCUT2D eigenvalue weighted by molar-refractivity contribution is 0.0940. The van der Waals surface area contributed by atoms with Gasteiger partial charge in [-0.3, -0.25) is 4.79 Å². The largest absolute Gasteiger partial charge is 0.346 e. The summed E-state index contributed by atoms with van der Waals surface area (Å²) < 4.78 is 1.72. The Bertz CT molecular complexity index is 863. The van der Waals surface area contributed by atoms with E-state index in [4.69, 9.17) is 23.2 Å². The van der Waals surface area contributed by atoms with Gasteiger partial charge in [-0.15, -0.1) is 0 Å². The van der Waals surface area contributed by atoms with Crippen molar-refractivity contribution < 1.29 is 4.79 Å². The summed E-state index contributed by atoms with van der Waals surface area (Å²) in [5.41, 5.74) is 2.53. The molecule has 25 heavy (non-hydrogen) atoms. The van der Waals surface area contributed by atoms with Gasteiger partial charge in [-0.1, -0.05) is 41.4 Å². The predicted molar refractivity (Wildman–Crippen MR) is 97.9 cm³/mol. The first kappa shape index (κ1) is 17.5. The second-order valence-electron chi connectivity index (χ2n) is 5.66. The van der Waals surface area contributed by atoms with Crippen LogP contribution < -0.4 is 5.32 Å². The molecule has 0 fully saturated rings. The molecular weight excluding hydrogens is 359 g/mol. The highest BCUT2D eigenvalue weighted by atomic mass is 35.5. The molecule has 0 radical (unpaired) electrons. The molecule has 1 amide bonds. The summed E-state index contributed by atoms with van der Waals surface area (Å²) in [6.45, 7) is 2.51. The molecule has 0 aliphatic rings. The first-order valence-electron chi connectivity index (χ1n) is 7.70. The topological polar surface area (TPSA) is 59.8 Å². The number of carbonyl (C=O) groups is 1. The van der Waals surface area contributed by atoms with Gasteiger partial charge in [-0.05, 0) is 42.3 Å². The Morgan fingerprint density at radius 1 is 1.16 bits per heavy atom. The fourth-order valence-electron chi connectivity index (χ4n) is 2.41. The summed E-state index contributed by atoms with van der Waals surface area (Å²) in [5, 5.41) is 7.98. The van der Waals surface area contributed by atoms with Crippen LogP contribution in [0.25, 0.3) is 0 Å². The first-order chi connectivity index (χ1) is 12.0. The first-order valence-corrected chi connectivity index (χ1v) is 8.45. The van der Waals surface area contributed by atoms with Gasteiger partial charge in [0.1, 0.15) is 12.7 Å². The van der Waals surface area contributed by atoms with E-state index in [1.807, 2.05) is 25.1 Å². The van der Waals surface area contributed by atoms with Crippen LogP contribution in [0.3, 0.4) is 0 Å². The minimum atomic E-state index is -0.183. The maximum Gasteiger partial charge on any atom is 0.251 e. The number of carbonyl (C=O) groups excluding carboxylic acids is 1. The highest BCUT2D eigenvalue weighted by molar-refractivity contribution is 6.42. The number of halogens is 2. The predicted octanol–water partition coefficient (Wildman–Crippen LogP) is 4.12. The van der Waals surface area contributed by atoms with Crippen LogP contribution in [0, 0.1) is 0 Å². The molecule has 1 N–H and O–H groups in total. The summed E-state index contributed by atoms with van der Waals surface area (Å²) in [6.07, 6.45) is 3.14. The van der Waals surface area contributed by atoms with Crippen LogP contribution in [0.2, 0.25) is 10.0 Å². The van der Waals surface area contributed by atoms with E-state index in [1.165, 1.54) is 6.33 Å². The molecule has 3 aromatic rings. The van der Waals surface area contributed by atoms with Gasteiger partial charge < -0.3 is 5.32 Å². The Balaban J connectivity index is 1.65. The maximum absolute atomic E-state index is 12.4. The third-order valence-corrected chi connectivity index (χ3v) is 4.56. The molecule has 7 heteroatoms. The lowest BCUT2D eigenvalue weighted by atomic mass is 10.1. The van der Waals surface area contributed by atoms with Crippen molar-refractivity contribution in [3.8, 4) is 0 Å². The van der Waals surface area contributed by atoms with Crippen LogP contribution in [0.1, 0.15) is 34.5 Å². The van der Waals surface area contributed by atoms with Crippen LogP contribution >= 0.6 is 23.2 Å². The second kappa shape index (κ2) is 7.68. The molecule has 2 aromatic carbocycles. The van der Waals surface area contributed by atoms with Gasteiger partial charge in [0.05, 0.1) is 22.6 Å².